The number of benzene rings is 1. The molecule has 22 heavy (non-hydrogen) atoms. The molecule has 124 valence electrons. The smallest absolute Gasteiger partial charge is 0.144 e. The first-order chi connectivity index (χ1) is 10.4. The Hall–Kier alpha value is -1.46. The fourth-order valence-corrected chi connectivity index (χ4v) is 2.79. The molecule has 1 heterocycles. The minimum Gasteiger partial charge on any atom is -0.495 e. The molecule has 0 bridgehead atoms. The SMILES string of the molecule is COC[C@@H](C)Nc1ccc(N2CCOC(C)(C)C2)cc1OC. The number of methoxy groups -OCH3 is 2. The number of morpholine rings is 1. The third kappa shape index (κ3) is 4.27. The second kappa shape index (κ2) is 7.20. The van der Waals surface area contributed by atoms with Gasteiger partial charge in [-0.1, -0.05) is 0 Å². The lowest BCUT2D eigenvalue weighted by molar-refractivity contribution is -0.0277. The molecular weight excluding hydrogens is 280 g/mol. The molecule has 1 fully saturated rings. The van der Waals surface area contributed by atoms with Gasteiger partial charge in [-0.05, 0) is 32.9 Å². The Labute approximate surface area is 133 Å². The number of ether oxygens (including phenoxy) is 3. The molecule has 2 rings (SSSR count). The van der Waals surface area contributed by atoms with E-state index in [0.717, 1.165) is 36.8 Å². The largest absolute Gasteiger partial charge is 0.495 e. The summed E-state index contributed by atoms with van der Waals surface area (Å²) in [6.45, 7) is 9.52. The zero-order chi connectivity index (χ0) is 16.2. The number of nitrogens with one attached hydrogen (secondary N) is 1. The van der Waals surface area contributed by atoms with Gasteiger partial charge in [0, 0.05) is 38.0 Å². The number of hydrogen-bond donors (Lipinski definition) is 1. The molecule has 1 aliphatic rings. The van der Waals surface area contributed by atoms with Crippen molar-refractivity contribution >= 4 is 11.4 Å². The van der Waals surface area contributed by atoms with Crippen LogP contribution in [0.2, 0.25) is 0 Å². The first kappa shape index (κ1) is 16.9. The second-order valence-corrected chi connectivity index (χ2v) is 6.42. The Morgan fingerprint density at radius 1 is 1.36 bits per heavy atom. The van der Waals surface area contributed by atoms with Gasteiger partial charge in [0.15, 0.2) is 0 Å². The average Bonchev–Trinajstić information content (AvgIpc) is 2.46. The van der Waals surface area contributed by atoms with Gasteiger partial charge in [-0.15, -0.1) is 0 Å². The summed E-state index contributed by atoms with van der Waals surface area (Å²) in [6.07, 6.45) is 0. The van der Waals surface area contributed by atoms with Crippen molar-refractivity contribution in [2.24, 2.45) is 0 Å². The average molecular weight is 308 g/mol. The van der Waals surface area contributed by atoms with Crippen LogP contribution >= 0.6 is 0 Å². The summed E-state index contributed by atoms with van der Waals surface area (Å²) in [4.78, 5) is 2.34. The van der Waals surface area contributed by atoms with Crippen LogP contribution in [0.1, 0.15) is 20.8 Å². The molecule has 1 atom stereocenters. The first-order valence-corrected chi connectivity index (χ1v) is 7.77. The van der Waals surface area contributed by atoms with Crippen molar-refractivity contribution in [2.45, 2.75) is 32.4 Å². The van der Waals surface area contributed by atoms with Crippen molar-refractivity contribution < 1.29 is 14.2 Å². The Bertz CT molecular complexity index is 491. The summed E-state index contributed by atoms with van der Waals surface area (Å²) in [5.41, 5.74) is 2.04. The quantitative estimate of drug-likeness (QED) is 0.875. The molecular formula is C17H28N2O3. The number of rotatable bonds is 6. The summed E-state index contributed by atoms with van der Waals surface area (Å²) >= 11 is 0. The zero-order valence-corrected chi connectivity index (χ0v) is 14.3. The van der Waals surface area contributed by atoms with E-state index in [1.807, 2.05) is 0 Å². The van der Waals surface area contributed by atoms with E-state index in [4.69, 9.17) is 14.2 Å². The first-order valence-electron chi connectivity index (χ1n) is 7.77. The Kier molecular flexibility index (Phi) is 5.53. The van der Waals surface area contributed by atoms with Crippen LogP contribution in [-0.4, -0.2) is 52.2 Å². The fourth-order valence-electron chi connectivity index (χ4n) is 2.79. The molecule has 0 spiro atoms. The highest BCUT2D eigenvalue weighted by atomic mass is 16.5. The van der Waals surface area contributed by atoms with Crippen LogP contribution in [0, 0.1) is 0 Å². The van der Waals surface area contributed by atoms with E-state index in [9.17, 15) is 0 Å². The maximum absolute atomic E-state index is 5.78. The molecule has 1 aromatic rings. The summed E-state index contributed by atoms with van der Waals surface area (Å²) in [6, 6.07) is 6.52. The molecule has 0 aromatic heterocycles. The van der Waals surface area contributed by atoms with Crippen molar-refractivity contribution in [1.82, 2.24) is 0 Å². The van der Waals surface area contributed by atoms with Gasteiger partial charge in [-0.2, -0.15) is 0 Å². The van der Waals surface area contributed by atoms with Gasteiger partial charge >= 0.3 is 0 Å². The molecule has 0 saturated carbocycles. The van der Waals surface area contributed by atoms with Crippen LogP contribution in [0.15, 0.2) is 18.2 Å². The van der Waals surface area contributed by atoms with E-state index in [-0.39, 0.29) is 11.6 Å². The van der Waals surface area contributed by atoms with E-state index in [1.165, 1.54) is 0 Å². The lowest BCUT2D eigenvalue weighted by Crippen LogP contribution is -2.48. The van der Waals surface area contributed by atoms with Crippen LogP contribution in [0.5, 0.6) is 5.75 Å². The lowest BCUT2D eigenvalue weighted by atomic mass is 10.1. The van der Waals surface area contributed by atoms with Crippen LogP contribution in [0.25, 0.3) is 0 Å². The van der Waals surface area contributed by atoms with E-state index in [1.54, 1.807) is 14.2 Å². The summed E-state index contributed by atoms with van der Waals surface area (Å²) < 4.78 is 16.5. The summed E-state index contributed by atoms with van der Waals surface area (Å²) in [7, 11) is 3.41. The third-order valence-electron chi connectivity index (χ3n) is 3.79. The Morgan fingerprint density at radius 2 is 2.14 bits per heavy atom. The monoisotopic (exact) mass is 308 g/mol. The maximum Gasteiger partial charge on any atom is 0.144 e. The van der Waals surface area contributed by atoms with Gasteiger partial charge < -0.3 is 24.4 Å². The Morgan fingerprint density at radius 3 is 2.77 bits per heavy atom. The molecule has 5 nitrogen and oxygen atoms in total. The van der Waals surface area contributed by atoms with Crippen molar-refractivity contribution in [3.63, 3.8) is 0 Å². The van der Waals surface area contributed by atoms with Crippen LogP contribution in [0.3, 0.4) is 0 Å². The highest BCUT2D eigenvalue weighted by Gasteiger charge is 2.27. The third-order valence-corrected chi connectivity index (χ3v) is 3.79. The van der Waals surface area contributed by atoms with Crippen LogP contribution < -0.4 is 15.0 Å². The van der Waals surface area contributed by atoms with Gasteiger partial charge in [0.25, 0.3) is 0 Å². The standard InChI is InChI=1S/C17H28N2O3/c1-13(11-20-4)18-15-7-6-14(10-16(15)21-5)19-8-9-22-17(2,3)12-19/h6-7,10,13,18H,8-9,11-12H2,1-5H3/t13-/m1/s1. The fraction of sp³-hybridized carbons (Fsp3) is 0.647. The molecule has 0 aliphatic carbocycles. The van der Waals surface area contributed by atoms with Gasteiger partial charge in [0.05, 0.1) is 31.6 Å². The molecule has 1 aliphatic heterocycles. The van der Waals surface area contributed by atoms with Gasteiger partial charge in [0.2, 0.25) is 0 Å². The van der Waals surface area contributed by atoms with Crippen molar-refractivity contribution in [3.8, 4) is 5.75 Å². The van der Waals surface area contributed by atoms with Crippen molar-refractivity contribution in [3.05, 3.63) is 18.2 Å². The molecule has 0 unspecified atom stereocenters. The zero-order valence-electron chi connectivity index (χ0n) is 14.3. The normalized spacial score (nSPS) is 18.9. The predicted molar refractivity (Wildman–Crippen MR) is 90.2 cm³/mol. The molecule has 1 N–H and O–H groups in total. The van der Waals surface area contributed by atoms with Crippen molar-refractivity contribution in [2.75, 3.05) is 50.7 Å². The highest BCUT2D eigenvalue weighted by Crippen LogP contribution is 2.32. The van der Waals surface area contributed by atoms with E-state index < -0.39 is 0 Å². The van der Waals surface area contributed by atoms with Gasteiger partial charge in [-0.3, -0.25) is 0 Å². The number of hydrogen-bond acceptors (Lipinski definition) is 5. The number of nitrogens with zero attached hydrogens (tertiary/aromatic N) is 1. The van der Waals surface area contributed by atoms with Crippen LogP contribution in [0.4, 0.5) is 11.4 Å². The second-order valence-electron chi connectivity index (χ2n) is 6.42. The van der Waals surface area contributed by atoms with Gasteiger partial charge in [0.1, 0.15) is 5.75 Å². The highest BCUT2D eigenvalue weighted by molar-refractivity contribution is 5.65. The molecule has 0 radical (unpaired) electrons. The maximum atomic E-state index is 5.78. The van der Waals surface area contributed by atoms with Crippen molar-refractivity contribution in [1.29, 1.82) is 0 Å². The topological polar surface area (TPSA) is 43.0 Å². The number of anilines is 2. The minimum atomic E-state index is -0.116. The molecule has 5 heteroatoms. The van der Waals surface area contributed by atoms with Gasteiger partial charge in [-0.25, -0.2) is 0 Å². The summed E-state index contributed by atoms with van der Waals surface area (Å²) in [5.74, 6) is 0.852. The summed E-state index contributed by atoms with van der Waals surface area (Å²) in [5, 5.41) is 3.42. The molecule has 1 aromatic carbocycles. The lowest BCUT2D eigenvalue weighted by Gasteiger charge is -2.39. The molecule has 0 amide bonds. The van der Waals surface area contributed by atoms with E-state index in [0.29, 0.717) is 6.61 Å². The van der Waals surface area contributed by atoms with E-state index in [2.05, 4.69) is 49.2 Å². The minimum absolute atomic E-state index is 0.116. The van der Waals surface area contributed by atoms with E-state index >= 15 is 0 Å². The predicted octanol–water partition coefficient (Wildman–Crippen LogP) is 2.76. The Balaban J connectivity index is 2.14. The molecule has 1 saturated heterocycles. The van der Waals surface area contributed by atoms with Crippen LogP contribution in [-0.2, 0) is 9.47 Å².